The van der Waals surface area contributed by atoms with Crippen LogP contribution < -0.4 is 5.32 Å². The van der Waals surface area contributed by atoms with Crippen molar-refractivity contribution in [3.05, 3.63) is 82.8 Å². The maximum Gasteiger partial charge on any atom is 0.433 e. The molecule has 0 saturated heterocycles. The summed E-state index contributed by atoms with van der Waals surface area (Å²) in [4.78, 5) is 20.5. The van der Waals surface area contributed by atoms with E-state index in [1.54, 1.807) is 18.3 Å². The first kappa shape index (κ1) is 20.1. The first-order chi connectivity index (χ1) is 14.3. The van der Waals surface area contributed by atoms with Gasteiger partial charge in [-0.2, -0.15) is 13.2 Å². The summed E-state index contributed by atoms with van der Waals surface area (Å²) in [5.41, 5.74) is 3.30. The standard InChI is InChI=1S/C23H20F3N3O/c1-14-4-2-5-16(10-14)22(30)29-19-7-3-6-17-13-28-20(12-18(17)19)15-8-9-27-21(11-15)23(24,25)26/h2,4-5,8-13,19H,3,6-7H2,1H3,(H,29,30)/t19-/m1/s1. The number of amides is 1. The Balaban J connectivity index is 1.64. The third-order valence-corrected chi connectivity index (χ3v) is 5.27. The van der Waals surface area contributed by atoms with E-state index in [0.29, 0.717) is 16.8 Å². The normalized spacial score (nSPS) is 16.1. The second-order valence-corrected chi connectivity index (χ2v) is 7.48. The van der Waals surface area contributed by atoms with E-state index in [4.69, 9.17) is 0 Å². The molecule has 3 aromatic rings. The van der Waals surface area contributed by atoms with Crippen LogP contribution in [0.2, 0.25) is 0 Å². The zero-order chi connectivity index (χ0) is 21.3. The van der Waals surface area contributed by atoms with Crippen LogP contribution in [0.5, 0.6) is 0 Å². The van der Waals surface area contributed by atoms with Crippen molar-refractivity contribution in [3.8, 4) is 11.3 Å². The molecule has 1 amide bonds. The molecule has 7 heteroatoms. The van der Waals surface area contributed by atoms with Gasteiger partial charge in [-0.15, -0.1) is 0 Å². The Morgan fingerprint density at radius 3 is 2.73 bits per heavy atom. The van der Waals surface area contributed by atoms with Crippen molar-refractivity contribution < 1.29 is 18.0 Å². The van der Waals surface area contributed by atoms with E-state index in [0.717, 1.165) is 48.2 Å². The van der Waals surface area contributed by atoms with Crippen LogP contribution in [0, 0.1) is 6.92 Å². The van der Waals surface area contributed by atoms with Gasteiger partial charge in [0, 0.05) is 23.5 Å². The number of carbonyl (C=O) groups is 1. The van der Waals surface area contributed by atoms with Gasteiger partial charge in [-0.1, -0.05) is 17.7 Å². The molecule has 2 aromatic heterocycles. The topological polar surface area (TPSA) is 54.9 Å². The highest BCUT2D eigenvalue weighted by atomic mass is 19.4. The Kier molecular flexibility index (Phi) is 5.28. The number of alkyl halides is 3. The first-order valence-electron chi connectivity index (χ1n) is 9.71. The minimum absolute atomic E-state index is 0.168. The van der Waals surface area contributed by atoms with Gasteiger partial charge in [-0.05, 0) is 67.6 Å². The summed E-state index contributed by atoms with van der Waals surface area (Å²) < 4.78 is 39.1. The summed E-state index contributed by atoms with van der Waals surface area (Å²) in [7, 11) is 0. The summed E-state index contributed by atoms with van der Waals surface area (Å²) in [5, 5.41) is 3.07. The van der Waals surface area contributed by atoms with Crippen LogP contribution >= 0.6 is 0 Å². The number of aryl methyl sites for hydroxylation is 2. The van der Waals surface area contributed by atoms with E-state index in [9.17, 15) is 18.0 Å². The monoisotopic (exact) mass is 411 g/mol. The van der Waals surface area contributed by atoms with Crippen molar-refractivity contribution >= 4 is 5.91 Å². The first-order valence-corrected chi connectivity index (χ1v) is 9.71. The fraction of sp³-hybridized carbons (Fsp3) is 0.261. The average molecular weight is 411 g/mol. The van der Waals surface area contributed by atoms with Crippen LogP contribution in [0.15, 0.2) is 54.9 Å². The number of rotatable bonds is 3. The molecule has 4 nitrogen and oxygen atoms in total. The quantitative estimate of drug-likeness (QED) is 0.638. The van der Waals surface area contributed by atoms with Gasteiger partial charge in [0.05, 0.1) is 11.7 Å². The largest absolute Gasteiger partial charge is 0.433 e. The lowest BCUT2D eigenvalue weighted by molar-refractivity contribution is -0.141. The Labute approximate surface area is 172 Å². The second-order valence-electron chi connectivity index (χ2n) is 7.48. The summed E-state index contributed by atoms with van der Waals surface area (Å²) in [6.45, 7) is 1.93. The minimum atomic E-state index is -4.52. The zero-order valence-electron chi connectivity index (χ0n) is 16.3. The van der Waals surface area contributed by atoms with Crippen LogP contribution in [0.4, 0.5) is 13.2 Å². The van der Waals surface area contributed by atoms with Gasteiger partial charge in [0.25, 0.3) is 5.91 Å². The van der Waals surface area contributed by atoms with Crippen molar-refractivity contribution in [3.63, 3.8) is 0 Å². The van der Waals surface area contributed by atoms with Crippen molar-refractivity contribution in [1.82, 2.24) is 15.3 Å². The second kappa shape index (κ2) is 7.89. The molecule has 1 aromatic carbocycles. The molecule has 0 saturated carbocycles. The van der Waals surface area contributed by atoms with Crippen molar-refractivity contribution in [2.45, 2.75) is 38.4 Å². The van der Waals surface area contributed by atoms with Gasteiger partial charge in [-0.25, -0.2) is 0 Å². The number of carbonyl (C=O) groups excluding carboxylic acids is 1. The number of halogens is 3. The van der Waals surface area contributed by atoms with Gasteiger partial charge < -0.3 is 5.32 Å². The van der Waals surface area contributed by atoms with E-state index in [-0.39, 0.29) is 11.9 Å². The van der Waals surface area contributed by atoms with Crippen LogP contribution in [0.1, 0.15) is 51.6 Å². The van der Waals surface area contributed by atoms with Crippen LogP contribution in [0.3, 0.4) is 0 Å². The summed E-state index contributed by atoms with van der Waals surface area (Å²) in [6.07, 6.45) is 0.802. The lowest BCUT2D eigenvalue weighted by Crippen LogP contribution is -2.31. The third-order valence-electron chi connectivity index (χ3n) is 5.27. The minimum Gasteiger partial charge on any atom is -0.345 e. The van der Waals surface area contributed by atoms with Crippen LogP contribution in [-0.4, -0.2) is 15.9 Å². The van der Waals surface area contributed by atoms with E-state index in [1.807, 2.05) is 25.1 Å². The summed E-state index contributed by atoms with van der Waals surface area (Å²) in [5.74, 6) is -0.168. The van der Waals surface area contributed by atoms with Gasteiger partial charge in [0.2, 0.25) is 0 Å². The van der Waals surface area contributed by atoms with Crippen molar-refractivity contribution in [2.75, 3.05) is 0 Å². The highest BCUT2D eigenvalue weighted by Gasteiger charge is 2.32. The molecule has 1 aliphatic carbocycles. The smallest absolute Gasteiger partial charge is 0.345 e. The number of hydrogen-bond acceptors (Lipinski definition) is 3. The molecule has 30 heavy (non-hydrogen) atoms. The predicted octanol–water partition coefficient (Wildman–Crippen LogP) is 5.28. The molecular formula is C23H20F3N3O. The zero-order valence-corrected chi connectivity index (χ0v) is 16.3. The number of pyridine rings is 2. The SMILES string of the molecule is Cc1cccc(C(=O)N[C@@H]2CCCc3cnc(-c4ccnc(C(F)(F)F)c4)cc32)c1. The average Bonchev–Trinajstić information content (AvgIpc) is 2.73. The maximum atomic E-state index is 13.0. The summed E-state index contributed by atoms with van der Waals surface area (Å²) in [6, 6.07) is 11.4. The third kappa shape index (κ3) is 4.20. The van der Waals surface area contributed by atoms with Crippen LogP contribution in [-0.2, 0) is 12.6 Å². The van der Waals surface area contributed by atoms with E-state index >= 15 is 0 Å². The van der Waals surface area contributed by atoms with E-state index in [2.05, 4.69) is 15.3 Å². The van der Waals surface area contributed by atoms with Crippen molar-refractivity contribution in [2.24, 2.45) is 0 Å². The molecule has 1 N–H and O–H groups in total. The highest BCUT2D eigenvalue weighted by molar-refractivity contribution is 5.94. The van der Waals surface area contributed by atoms with Gasteiger partial charge in [0.1, 0.15) is 5.69 Å². The molecular weight excluding hydrogens is 391 g/mol. The maximum absolute atomic E-state index is 13.0. The lowest BCUT2D eigenvalue weighted by atomic mass is 9.87. The molecule has 2 heterocycles. The molecule has 1 aliphatic rings. The fourth-order valence-electron chi connectivity index (χ4n) is 3.77. The number of aromatic nitrogens is 2. The predicted molar refractivity (Wildman–Crippen MR) is 107 cm³/mol. The molecule has 0 bridgehead atoms. The Morgan fingerprint density at radius 1 is 1.13 bits per heavy atom. The van der Waals surface area contributed by atoms with E-state index in [1.165, 1.54) is 6.07 Å². The van der Waals surface area contributed by atoms with Crippen LogP contribution in [0.25, 0.3) is 11.3 Å². The molecule has 0 radical (unpaired) electrons. The Bertz CT molecular complexity index is 1100. The number of benzene rings is 1. The van der Waals surface area contributed by atoms with Gasteiger partial charge in [-0.3, -0.25) is 14.8 Å². The van der Waals surface area contributed by atoms with Gasteiger partial charge in [0.15, 0.2) is 0 Å². The molecule has 4 rings (SSSR count). The summed E-state index contributed by atoms with van der Waals surface area (Å²) >= 11 is 0. The lowest BCUT2D eigenvalue weighted by Gasteiger charge is -2.27. The molecule has 0 aliphatic heterocycles. The number of nitrogens with one attached hydrogen (secondary N) is 1. The molecule has 154 valence electrons. The Morgan fingerprint density at radius 2 is 1.97 bits per heavy atom. The molecule has 0 fully saturated rings. The number of fused-ring (bicyclic) bond motifs is 1. The Hall–Kier alpha value is -3.22. The number of hydrogen-bond donors (Lipinski definition) is 1. The molecule has 0 spiro atoms. The molecule has 0 unspecified atom stereocenters. The van der Waals surface area contributed by atoms with E-state index < -0.39 is 11.9 Å². The van der Waals surface area contributed by atoms with Crippen molar-refractivity contribution in [1.29, 1.82) is 0 Å². The molecule has 1 atom stereocenters. The highest BCUT2D eigenvalue weighted by Crippen LogP contribution is 2.34. The fourth-order valence-corrected chi connectivity index (χ4v) is 3.77. The van der Waals surface area contributed by atoms with Gasteiger partial charge >= 0.3 is 6.18 Å². The number of nitrogens with zero attached hydrogens (tertiary/aromatic N) is 2.